The number of aromatic nitrogens is 4. The third kappa shape index (κ3) is 3.15. The van der Waals surface area contributed by atoms with E-state index in [2.05, 4.69) is 46.8 Å². The fraction of sp³-hybridized carbons (Fsp3) is 0.522. The summed E-state index contributed by atoms with van der Waals surface area (Å²) >= 11 is 0. The maximum atomic E-state index is 13.3. The van der Waals surface area contributed by atoms with Gasteiger partial charge >= 0.3 is 0 Å². The number of fused-ring (bicyclic) bond motifs is 2. The van der Waals surface area contributed by atoms with E-state index in [9.17, 15) is 4.79 Å². The van der Waals surface area contributed by atoms with Crippen LogP contribution in [0.1, 0.15) is 79.1 Å². The van der Waals surface area contributed by atoms with Crippen LogP contribution in [-0.2, 0) is 12.8 Å². The summed E-state index contributed by atoms with van der Waals surface area (Å²) in [5.41, 5.74) is 5.19. The first-order valence-electron chi connectivity index (χ1n) is 11.0. The zero-order valence-corrected chi connectivity index (χ0v) is 17.3. The minimum absolute atomic E-state index is 0.0845. The number of aromatic amines is 1. The number of aryl methyl sites for hydroxylation is 1. The zero-order valence-electron chi connectivity index (χ0n) is 17.3. The van der Waals surface area contributed by atoms with E-state index in [4.69, 9.17) is 4.98 Å². The number of benzene rings is 1. The number of likely N-dealkylation sites (tertiary alicyclic amines) is 1. The fourth-order valence-corrected chi connectivity index (χ4v) is 5.07. The van der Waals surface area contributed by atoms with Crippen molar-refractivity contribution in [3.05, 3.63) is 47.0 Å². The number of carbonyl (C=O) groups excluding carboxylic acids is 1. The molecule has 29 heavy (non-hydrogen) atoms. The molecule has 1 unspecified atom stereocenters. The van der Waals surface area contributed by atoms with E-state index in [-0.39, 0.29) is 11.8 Å². The number of amides is 1. The molecular formula is C23H29N5O. The highest BCUT2D eigenvalue weighted by Gasteiger charge is 2.32. The van der Waals surface area contributed by atoms with E-state index in [1.54, 1.807) is 0 Å². The van der Waals surface area contributed by atoms with Gasteiger partial charge in [0.1, 0.15) is 5.82 Å². The topological polar surface area (TPSA) is 66.8 Å². The monoisotopic (exact) mass is 391 g/mol. The molecule has 6 heteroatoms. The highest BCUT2D eigenvalue weighted by molar-refractivity contribution is 5.94. The molecule has 1 aliphatic heterocycles. The van der Waals surface area contributed by atoms with E-state index < -0.39 is 0 Å². The SMILES string of the molecule is CC(C)n1c(C2CCCN(C(=O)c3n[nH]c4c3CCCC4)C2)nc2ccccc21. The van der Waals surface area contributed by atoms with Crippen molar-refractivity contribution in [3.63, 3.8) is 0 Å². The summed E-state index contributed by atoms with van der Waals surface area (Å²) < 4.78 is 2.35. The van der Waals surface area contributed by atoms with Crippen molar-refractivity contribution < 1.29 is 4.79 Å². The average molecular weight is 392 g/mol. The second-order valence-corrected chi connectivity index (χ2v) is 8.75. The summed E-state index contributed by atoms with van der Waals surface area (Å²) in [6.45, 7) is 5.94. The minimum Gasteiger partial charge on any atom is -0.337 e. The molecule has 6 nitrogen and oxygen atoms in total. The number of hydrogen-bond donors (Lipinski definition) is 1. The molecule has 0 saturated carbocycles. The number of nitrogens with one attached hydrogen (secondary N) is 1. The lowest BCUT2D eigenvalue weighted by molar-refractivity contribution is 0.0696. The van der Waals surface area contributed by atoms with Crippen LogP contribution in [0.5, 0.6) is 0 Å². The molecule has 0 bridgehead atoms. The average Bonchev–Trinajstić information content (AvgIpc) is 3.35. The molecule has 1 atom stereocenters. The predicted molar refractivity (Wildman–Crippen MR) is 113 cm³/mol. The van der Waals surface area contributed by atoms with Crippen molar-refractivity contribution in [2.45, 2.75) is 64.3 Å². The van der Waals surface area contributed by atoms with Gasteiger partial charge in [-0.3, -0.25) is 9.89 Å². The maximum Gasteiger partial charge on any atom is 0.274 e. The normalized spacial score (nSPS) is 19.7. The number of hydrogen-bond acceptors (Lipinski definition) is 3. The first-order chi connectivity index (χ1) is 14.1. The largest absolute Gasteiger partial charge is 0.337 e. The van der Waals surface area contributed by atoms with Gasteiger partial charge in [-0.15, -0.1) is 0 Å². The Kier molecular flexibility index (Phi) is 4.64. The highest BCUT2D eigenvalue weighted by Crippen LogP contribution is 2.32. The third-order valence-corrected chi connectivity index (χ3v) is 6.47. The van der Waals surface area contributed by atoms with Crippen LogP contribution in [0.4, 0.5) is 0 Å². The molecule has 1 saturated heterocycles. The van der Waals surface area contributed by atoms with Crippen LogP contribution in [0.25, 0.3) is 11.0 Å². The van der Waals surface area contributed by atoms with E-state index >= 15 is 0 Å². The molecule has 1 amide bonds. The van der Waals surface area contributed by atoms with Crippen LogP contribution in [-0.4, -0.2) is 43.6 Å². The Bertz CT molecular complexity index is 1050. The lowest BCUT2D eigenvalue weighted by Crippen LogP contribution is -2.40. The summed E-state index contributed by atoms with van der Waals surface area (Å²) in [4.78, 5) is 20.3. The second kappa shape index (κ2) is 7.32. The van der Waals surface area contributed by atoms with Crippen molar-refractivity contribution in [1.82, 2.24) is 24.6 Å². The standard InChI is InChI=1S/C23H29N5O/c1-15(2)28-20-12-6-5-11-19(20)24-22(28)16-8-7-13-27(14-16)23(29)21-17-9-3-4-10-18(17)25-26-21/h5-6,11-12,15-16H,3-4,7-10,13-14H2,1-2H3,(H,25,26). The van der Waals surface area contributed by atoms with Gasteiger partial charge in [-0.25, -0.2) is 4.98 Å². The molecule has 0 radical (unpaired) electrons. The Morgan fingerprint density at radius 2 is 2.00 bits per heavy atom. The van der Waals surface area contributed by atoms with Crippen LogP contribution in [0.15, 0.2) is 24.3 Å². The number of piperidine rings is 1. The Balaban J connectivity index is 1.44. The molecule has 152 valence electrons. The lowest BCUT2D eigenvalue weighted by atomic mass is 9.94. The highest BCUT2D eigenvalue weighted by atomic mass is 16.2. The van der Waals surface area contributed by atoms with Crippen LogP contribution >= 0.6 is 0 Å². The molecule has 2 aliphatic rings. The Hall–Kier alpha value is -2.63. The first-order valence-corrected chi connectivity index (χ1v) is 11.0. The first kappa shape index (κ1) is 18.4. The summed E-state index contributed by atoms with van der Waals surface area (Å²) in [6.07, 6.45) is 6.38. The molecule has 5 rings (SSSR count). The van der Waals surface area contributed by atoms with E-state index in [1.807, 2.05) is 11.0 Å². The smallest absolute Gasteiger partial charge is 0.274 e. The fourth-order valence-electron chi connectivity index (χ4n) is 5.07. The van der Waals surface area contributed by atoms with Gasteiger partial charge in [0, 0.05) is 36.3 Å². The molecule has 2 aromatic heterocycles. The lowest BCUT2D eigenvalue weighted by Gasteiger charge is -2.33. The second-order valence-electron chi connectivity index (χ2n) is 8.75. The maximum absolute atomic E-state index is 13.3. The number of nitrogens with zero attached hydrogens (tertiary/aromatic N) is 4. The Morgan fingerprint density at radius 1 is 1.17 bits per heavy atom. The van der Waals surface area contributed by atoms with Crippen molar-refractivity contribution in [2.75, 3.05) is 13.1 Å². The van der Waals surface area contributed by atoms with Crippen LogP contribution in [0, 0.1) is 0 Å². The van der Waals surface area contributed by atoms with Gasteiger partial charge in [-0.1, -0.05) is 12.1 Å². The number of H-pyrrole nitrogens is 1. The molecule has 1 aliphatic carbocycles. The van der Waals surface area contributed by atoms with Gasteiger partial charge in [0.2, 0.25) is 0 Å². The van der Waals surface area contributed by atoms with E-state index in [0.29, 0.717) is 11.7 Å². The molecular weight excluding hydrogens is 362 g/mol. The van der Waals surface area contributed by atoms with E-state index in [1.165, 1.54) is 11.9 Å². The van der Waals surface area contributed by atoms with Gasteiger partial charge in [0.05, 0.1) is 11.0 Å². The van der Waals surface area contributed by atoms with Crippen molar-refractivity contribution >= 4 is 16.9 Å². The van der Waals surface area contributed by atoms with Crippen molar-refractivity contribution in [1.29, 1.82) is 0 Å². The quantitative estimate of drug-likeness (QED) is 0.726. The summed E-state index contributed by atoms with van der Waals surface area (Å²) in [5.74, 6) is 1.46. The van der Waals surface area contributed by atoms with Crippen LogP contribution in [0.2, 0.25) is 0 Å². The Morgan fingerprint density at radius 3 is 2.86 bits per heavy atom. The molecule has 3 heterocycles. The molecule has 1 N–H and O–H groups in total. The van der Waals surface area contributed by atoms with Crippen LogP contribution < -0.4 is 0 Å². The summed E-state index contributed by atoms with van der Waals surface area (Å²) in [7, 11) is 0. The number of para-hydroxylation sites is 2. The summed E-state index contributed by atoms with van der Waals surface area (Å²) in [5, 5.41) is 7.53. The summed E-state index contributed by atoms with van der Waals surface area (Å²) in [6, 6.07) is 8.68. The minimum atomic E-state index is 0.0845. The molecule has 3 aromatic rings. The van der Waals surface area contributed by atoms with Gasteiger partial charge in [-0.05, 0) is 64.5 Å². The Labute approximate surface area is 171 Å². The number of carbonyl (C=O) groups is 1. The van der Waals surface area contributed by atoms with Crippen molar-refractivity contribution in [2.24, 2.45) is 0 Å². The van der Waals surface area contributed by atoms with Crippen LogP contribution in [0.3, 0.4) is 0 Å². The number of imidazole rings is 1. The van der Waals surface area contributed by atoms with E-state index in [0.717, 1.165) is 67.8 Å². The van der Waals surface area contributed by atoms with Crippen molar-refractivity contribution in [3.8, 4) is 0 Å². The molecule has 0 spiro atoms. The number of rotatable bonds is 3. The molecule has 1 fully saturated rings. The van der Waals surface area contributed by atoms with Gasteiger partial charge < -0.3 is 9.47 Å². The van der Waals surface area contributed by atoms with Gasteiger partial charge in [-0.2, -0.15) is 5.10 Å². The van der Waals surface area contributed by atoms with Gasteiger partial charge in [0.15, 0.2) is 5.69 Å². The molecule has 1 aromatic carbocycles. The predicted octanol–water partition coefficient (Wildman–Crippen LogP) is 4.24. The van der Waals surface area contributed by atoms with Gasteiger partial charge in [0.25, 0.3) is 5.91 Å². The third-order valence-electron chi connectivity index (χ3n) is 6.47. The zero-order chi connectivity index (χ0) is 20.0.